The van der Waals surface area contributed by atoms with E-state index in [9.17, 15) is 0 Å². The van der Waals surface area contributed by atoms with Gasteiger partial charge < -0.3 is 14.5 Å². The third-order valence-electron chi connectivity index (χ3n) is 3.95. The highest BCUT2D eigenvalue weighted by Crippen LogP contribution is 2.25. The highest BCUT2D eigenvalue weighted by Gasteiger charge is 2.17. The Morgan fingerprint density at radius 3 is 3.00 bits per heavy atom. The number of aromatic amines is 1. The van der Waals surface area contributed by atoms with Crippen molar-refractivity contribution in [1.82, 2.24) is 9.88 Å². The van der Waals surface area contributed by atoms with Gasteiger partial charge in [-0.2, -0.15) is 0 Å². The van der Waals surface area contributed by atoms with Gasteiger partial charge >= 0.3 is 0 Å². The summed E-state index contributed by atoms with van der Waals surface area (Å²) < 4.78 is 11.1. The number of aromatic nitrogens is 1. The van der Waals surface area contributed by atoms with Gasteiger partial charge in [-0.25, -0.2) is 0 Å². The lowest BCUT2D eigenvalue weighted by atomic mass is 10.1. The fourth-order valence-electron chi connectivity index (χ4n) is 2.84. The van der Waals surface area contributed by atoms with Crippen LogP contribution in [0.2, 0.25) is 5.02 Å². The molecule has 1 aromatic carbocycles. The molecule has 2 aromatic rings. The monoisotopic (exact) mass is 308 g/mol. The Balaban J connectivity index is 1.70. The van der Waals surface area contributed by atoms with Crippen molar-refractivity contribution in [2.75, 3.05) is 33.4 Å². The van der Waals surface area contributed by atoms with Crippen molar-refractivity contribution in [1.29, 1.82) is 0 Å². The lowest BCUT2D eigenvalue weighted by Crippen LogP contribution is -2.38. The Morgan fingerprint density at radius 1 is 1.38 bits per heavy atom. The first-order chi connectivity index (χ1) is 10.1. The zero-order valence-corrected chi connectivity index (χ0v) is 13.2. The normalized spacial score (nSPS) is 19.5. The fourth-order valence-corrected chi connectivity index (χ4v) is 3.01. The van der Waals surface area contributed by atoms with Crippen LogP contribution in [0.1, 0.15) is 11.3 Å². The number of halogens is 1. The first-order valence-electron chi connectivity index (χ1n) is 7.28. The Morgan fingerprint density at radius 2 is 2.24 bits per heavy atom. The van der Waals surface area contributed by atoms with Crippen LogP contribution in [-0.2, 0) is 16.0 Å². The minimum Gasteiger partial charge on any atom is -0.376 e. The number of hydrogen-bond donors (Lipinski definition) is 1. The van der Waals surface area contributed by atoms with Gasteiger partial charge in [0.05, 0.1) is 25.9 Å². The van der Waals surface area contributed by atoms with E-state index in [1.807, 2.05) is 18.2 Å². The fraction of sp³-hybridized carbons (Fsp3) is 0.500. The number of fused-ring (bicyclic) bond motifs is 1. The standard InChI is InChI=1S/C16H21ClN2O2/c1-11-14-7-12(17)3-4-15(14)18-16(11)9-19(2)8-13-10-20-5-6-21-13/h3-4,7,13,18H,5-6,8-10H2,1-2H3/t13-/m0/s1. The van der Waals surface area contributed by atoms with Gasteiger partial charge in [-0.1, -0.05) is 11.6 Å². The summed E-state index contributed by atoms with van der Waals surface area (Å²) in [6.45, 7) is 5.96. The number of rotatable bonds is 4. The van der Waals surface area contributed by atoms with E-state index >= 15 is 0 Å². The van der Waals surface area contributed by atoms with Gasteiger partial charge in [0.15, 0.2) is 0 Å². The summed E-state index contributed by atoms with van der Waals surface area (Å²) in [5, 5.41) is 1.97. The van der Waals surface area contributed by atoms with Crippen molar-refractivity contribution in [3.63, 3.8) is 0 Å². The lowest BCUT2D eigenvalue weighted by molar-refractivity contribution is -0.0963. The lowest BCUT2D eigenvalue weighted by Gasteiger charge is -2.27. The van der Waals surface area contributed by atoms with E-state index in [0.717, 1.165) is 23.6 Å². The highest BCUT2D eigenvalue weighted by atomic mass is 35.5. The molecule has 1 fully saturated rings. The predicted octanol–water partition coefficient (Wildman–Crippen LogP) is 2.98. The van der Waals surface area contributed by atoms with Crippen LogP contribution in [-0.4, -0.2) is 49.4 Å². The summed E-state index contributed by atoms with van der Waals surface area (Å²) in [6, 6.07) is 5.97. The number of ether oxygens (including phenoxy) is 2. The summed E-state index contributed by atoms with van der Waals surface area (Å²) in [4.78, 5) is 5.75. The van der Waals surface area contributed by atoms with Crippen LogP contribution in [0, 0.1) is 6.92 Å². The van der Waals surface area contributed by atoms with Crippen molar-refractivity contribution in [2.24, 2.45) is 0 Å². The molecular weight excluding hydrogens is 288 g/mol. The number of aryl methyl sites for hydroxylation is 1. The molecule has 0 radical (unpaired) electrons. The van der Waals surface area contributed by atoms with Crippen molar-refractivity contribution < 1.29 is 9.47 Å². The minimum absolute atomic E-state index is 0.169. The van der Waals surface area contributed by atoms with E-state index in [4.69, 9.17) is 21.1 Å². The highest BCUT2D eigenvalue weighted by molar-refractivity contribution is 6.31. The van der Waals surface area contributed by atoms with Gasteiger partial charge in [0.2, 0.25) is 0 Å². The molecule has 1 N–H and O–H groups in total. The Labute approximate surface area is 130 Å². The van der Waals surface area contributed by atoms with E-state index in [1.54, 1.807) is 0 Å². The molecule has 4 nitrogen and oxygen atoms in total. The molecule has 1 atom stereocenters. The summed E-state index contributed by atoms with van der Waals surface area (Å²) in [7, 11) is 2.11. The van der Waals surface area contributed by atoms with Crippen molar-refractivity contribution in [3.05, 3.63) is 34.5 Å². The van der Waals surface area contributed by atoms with Crippen LogP contribution in [0.5, 0.6) is 0 Å². The smallest absolute Gasteiger partial charge is 0.0936 e. The number of hydrogen-bond acceptors (Lipinski definition) is 3. The zero-order valence-electron chi connectivity index (χ0n) is 12.5. The second-order valence-corrected chi connectivity index (χ2v) is 6.12. The molecule has 0 bridgehead atoms. The third-order valence-corrected chi connectivity index (χ3v) is 4.19. The molecule has 21 heavy (non-hydrogen) atoms. The van der Waals surface area contributed by atoms with E-state index < -0.39 is 0 Å². The molecule has 114 valence electrons. The van der Waals surface area contributed by atoms with Crippen LogP contribution >= 0.6 is 11.6 Å². The Hall–Kier alpha value is -1.07. The molecule has 1 saturated heterocycles. The molecule has 0 unspecified atom stereocenters. The third kappa shape index (κ3) is 3.40. The zero-order chi connectivity index (χ0) is 14.8. The summed E-state index contributed by atoms with van der Waals surface area (Å²) in [6.07, 6.45) is 0.169. The van der Waals surface area contributed by atoms with Gasteiger partial charge in [0, 0.05) is 34.7 Å². The Kier molecular flexibility index (Phi) is 4.50. The number of benzene rings is 1. The Bertz CT molecular complexity index is 620. The van der Waals surface area contributed by atoms with Gasteiger partial charge in [0.1, 0.15) is 0 Å². The average molecular weight is 309 g/mol. The molecule has 0 aliphatic carbocycles. The number of H-pyrrole nitrogens is 1. The van der Waals surface area contributed by atoms with E-state index in [-0.39, 0.29) is 6.10 Å². The van der Waals surface area contributed by atoms with Crippen molar-refractivity contribution in [2.45, 2.75) is 19.6 Å². The van der Waals surface area contributed by atoms with Gasteiger partial charge in [-0.3, -0.25) is 4.90 Å². The maximum atomic E-state index is 6.08. The maximum Gasteiger partial charge on any atom is 0.0936 e. The second kappa shape index (κ2) is 6.36. The van der Waals surface area contributed by atoms with Crippen molar-refractivity contribution in [3.8, 4) is 0 Å². The van der Waals surface area contributed by atoms with Crippen LogP contribution in [0.15, 0.2) is 18.2 Å². The summed E-state index contributed by atoms with van der Waals surface area (Å²) >= 11 is 6.08. The molecule has 0 amide bonds. The molecule has 1 aliphatic rings. The predicted molar refractivity (Wildman–Crippen MR) is 84.9 cm³/mol. The molecular formula is C16H21ClN2O2. The average Bonchev–Trinajstić information content (AvgIpc) is 2.76. The molecule has 3 rings (SSSR count). The van der Waals surface area contributed by atoms with Crippen LogP contribution in [0.3, 0.4) is 0 Å². The number of nitrogens with zero attached hydrogens (tertiary/aromatic N) is 1. The SMILES string of the molecule is Cc1c(CN(C)C[C@H]2COCCO2)[nH]c2ccc(Cl)cc12. The molecule has 1 aliphatic heterocycles. The van der Waals surface area contributed by atoms with E-state index in [2.05, 4.69) is 23.9 Å². The molecule has 2 heterocycles. The largest absolute Gasteiger partial charge is 0.376 e. The first kappa shape index (κ1) is 14.9. The number of nitrogens with one attached hydrogen (secondary N) is 1. The van der Waals surface area contributed by atoms with Crippen LogP contribution in [0.4, 0.5) is 0 Å². The van der Waals surface area contributed by atoms with Gasteiger partial charge in [-0.15, -0.1) is 0 Å². The van der Waals surface area contributed by atoms with Crippen LogP contribution < -0.4 is 0 Å². The van der Waals surface area contributed by atoms with Gasteiger partial charge in [-0.05, 0) is 37.7 Å². The topological polar surface area (TPSA) is 37.5 Å². The van der Waals surface area contributed by atoms with Crippen molar-refractivity contribution >= 4 is 22.5 Å². The minimum atomic E-state index is 0.169. The molecule has 0 spiro atoms. The molecule has 0 saturated carbocycles. The molecule has 1 aromatic heterocycles. The second-order valence-electron chi connectivity index (χ2n) is 5.68. The van der Waals surface area contributed by atoms with Gasteiger partial charge in [0.25, 0.3) is 0 Å². The first-order valence-corrected chi connectivity index (χ1v) is 7.66. The molecule has 5 heteroatoms. The number of likely N-dealkylation sites (N-methyl/N-ethyl adjacent to an activating group) is 1. The maximum absolute atomic E-state index is 6.08. The quantitative estimate of drug-likeness (QED) is 0.943. The van der Waals surface area contributed by atoms with E-state index in [0.29, 0.717) is 19.8 Å². The van der Waals surface area contributed by atoms with E-state index in [1.165, 1.54) is 16.6 Å². The van der Waals surface area contributed by atoms with Crippen LogP contribution in [0.25, 0.3) is 10.9 Å². The summed E-state index contributed by atoms with van der Waals surface area (Å²) in [5.41, 5.74) is 3.63. The summed E-state index contributed by atoms with van der Waals surface area (Å²) in [5.74, 6) is 0.